The van der Waals surface area contributed by atoms with Crippen molar-refractivity contribution < 1.29 is 27.2 Å². The number of hydrogen-bond donors (Lipinski definition) is 0. The maximum Gasteiger partial charge on any atom is 0.334 e. The maximum atomic E-state index is 12.8. The Labute approximate surface area is 122 Å². The third-order valence-electron chi connectivity index (χ3n) is 2.62. The van der Waals surface area contributed by atoms with E-state index in [1.165, 1.54) is 0 Å². The molecular formula is C12H28O6P2. The molecule has 0 saturated heterocycles. The van der Waals surface area contributed by atoms with Gasteiger partial charge >= 0.3 is 15.2 Å². The Kier molecular flexibility index (Phi) is 10.2. The largest absolute Gasteiger partial charge is 0.334 e. The quantitative estimate of drug-likeness (QED) is 0.497. The van der Waals surface area contributed by atoms with E-state index in [-0.39, 0.29) is 32.6 Å². The zero-order valence-corrected chi connectivity index (χ0v) is 15.0. The Bertz CT molecular complexity index is 327. The fourth-order valence-electron chi connectivity index (χ4n) is 1.85. The predicted molar refractivity (Wildman–Crippen MR) is 80.7 cm³/mol. The van der Waals surface area contributed by atoms with Gasteiger partial charge in [0, 0.05) is 0 Å². The molecule has 0 heterocycles. The van der Waals surface area contributed by atoms with Crippen LogP contribution in [-0.4, -0.2) is 38.2 Å². The van der Waals surface area contributed by atoms with Crippen molar-refractivity contribution in [1.29, 1.82) is 0 Å². The van der Waals surface area contributed by atoms with E-state index in [9.17, 15) is 9.13 Å². The Morgan fingerprint density at radius 3 is 1.45 bits per heavy atom. The molecule has 6 nitrogen and oxygen atoms in total. The van der Waals surface area contributed by atoms with Gasteiger partial charge in [-0.25, -0.2) is 0 Å². The van der Waals surface area contributed by atoms with Crippen LogP contribution in [0.4, 0.5) is 0 Å². The van der Waals surface area contributed by atoms with E-state index < -0.39 is 20.9 Å². The van der Waals surface area contributed by atoms with Crippen LogP contribution in [0.25, 0.3) is 0 Å². The number of rotatable bonds is 12. The molecule has 0 N–H and O–H groups in total. The Balaban J connectivity index is 5.12. The smallest absolute Gasteiger partial charge is 0.309 e. The minimum absolute atomic E-state index is 0.0441. The molecule has 122 valence electrons. The van der Waals surface area contributed by atoms with Crippen molar-refractivity contribution in [2.45, 2.75) is 46.7 Å². The Morgan fingerprint density at radius 2 is 1.15 bits per heavy atom. The summed E-state index contributed by atoms with van der Waals surface area (Å²) in [6.07, 6.45) is 0.559. The molecule has 0 bridgehead atoms. The molecule has 0 aliphatic carbocycles. The fraction of sp³-hybridized carbons (Fsp3) is 1.00. The first-order valence-corrected chi connectivity index (χ1v) is 10.5. The van der Waals surface area contributed by atoms with Gasteiger partial charge in [0.05, 0.1) is 38.2 Å². The van der Waals surface area contributed by atoms with E-state index in [1.54, 1.807) is 27.7 Å². The van der Waals surface area contributed by atoms with Crippen LogP contribution in [0.3, 0.4) is 0 Å². The second kappa shape index (κ2) is 10.1. The van der Waals surface area contributed by atoms with Crippen molar-refractivity contribution in [3.63, 3.8) is 0 Å². The maximum absolute atomic E-state index is 12.8. The zero-order valence-electron chi connectivity index (χ0n) is 13.2. The second-order valence-electron chi connectivity index (χ2n) is 4.07. The van der Waals surface area contributed by atoms with Crippen molar-refractivity contribution in [3.8, 4) is 0 Å². The van der Waals surface area contributed by atoms with Crippen molar-refractivity contribution in [2.24, 2.45) is 0 Å². The summed E-state index contributed by atoms with van der Waals surface area (Å²) in [5, 5.41) is 0. The molecule has 1 unspecified atom stereocenters. The summed E-state index contributed by atoms with van der Waals surface area (Å²) >= 11 is 0. The molecule has 1 atom stereocenters. The summed E-state index contributed by atoms with van der Waals surface area (Å²) in [4.78, 5) is 0. The van der Waals surface area contributed by atoms with Crippen LogP contribution in [0.5, 0.6) is 0 Å². The van der Waals surface area contributed by atoms with Gasteiger partial charge in [-0.1, -0.05) is 6.92 Å². The van der Waals surface area contributed by atoms with Gasteiger partial charge < -0.3 is 18.1 Å². The van der Waals surface area contributed by atoms with Crippen LogP contribution >= 0.6 is 15.2 Å². The van der Waals surface area contributed by atoms with Gasteiger partial charge in [-0.15, -0.1) is 0 Å². The molecule has 0 aromatic rings. The van der Waals surface area contributed by atoms with E-state index in [4.69, 9.17) is 18.1 Å². The lowest BCUT2D eigenvalue weighted by atomic mass is 10.4. The molecule has 0 radical (unpaired) electrons. The van der Waals surface area contributed by atoms with E-state index in [2.05, 4.69) is 0 Å². The normalized spacial score (nSPS) is 14.4. The van der Waals surface area contributed by atoms with E-state index in [0.29, 0.717) is 6.42 Å². The highest BCUT2D eigenvalue weighted by atomic mass is 31.2. The van der Waals surface area contributed by atoms with Crippen molar-refractivity contribution in [1.82, 2.24) is 0 Å². The van der Waals surface area contributed by atoms with E-state index in [1.807, 2.05) is 6.92 Å². The van der Waals surface area contributed by atoms with Gasteiger partial charge in [0.25, 0.3) is 0 Å². The summed E-state index contributed by atoms with van der Waals surface area (Å²) in [6, 6.07) is 0. The van der Waals surface area contributed by atoms with Gasteiger partial charge in [-0.3, -0.25) is 9.13 Å². The van der Waals surface area contributed by atoms with Gasteiger partial charge in [0.2, 0.25) is 0 Å². The van der Waals surface area contributed by atoms with Gasteiger partial charge in [-0.05, 0) is 34.1 Å². The molecule has 0 aromatic heterocycles. The molecule has 0 amide bonds. The predicted octanol–water partition coefficient (Wildman–Crippen LogP) is 4.30. The lowest BCUT2D eigenvalue weighted by Crippen LogP contribution is -2.19. The second-order valence-corrected chi connectivity index (χ2v) is 8.50. The first kappa shape index (κ1) is 20.3. The van der Waals surface area contributed by atoms with Crippen molar-refractivity contribution in [3.05, 3.63) is 0 Å². The first-order chi connectivity index (χ1) is 9.41. The van der Waals surface area contributed by atoms with Crippen LogP contribution in [0.15, 0.2) is 0 Å². The van der Waals surface area contributed by atoms with Crippen molar-refractivity contribution in [2.75, 3.05) is 32.6 Å². The van der Waals surface area contributed by atoms with Crippen LogP contribution in [0, 0.1) is 0 Å². The molecule has 0 aliphatic rings. The first-order valence-electron chi connectivity index (χ1n) is 7.18. The molecule has 0 aliphatic heterocycles. The van der Waals surface area contributed by atoms with Crippen LogP contribution in [0.2, 0.25) is 0 Å². The fourth-order valence-corrected chi connectivity index (χ4v) is 6.76. The summed E-state index contributed by atoms with van der Waals surface area (Å²) in [7, 11) is -6.57. The third kappa shape index (κ3) is 6.38. The van der Waals surface area contributed by atoms with Crippen LogP contribution < -0.4 is 0 Å². The lowest BCUT2D eigenvalue weighted by Gasteiger charge is -2.28. The highest BCUT2D eigenvalue weighted by molar-refractivity contribution is 7.58. The summed E-state index contributed by atoms with van der Waals surface area (Å²) < 4.78 is 46.5. The molecule has 0 spiro atoms. The number of hydrogen-bond acceptors (Lipinski definition) is 6. The SMILES string of the molecule is CCOP(=O)(CC(CC)P(=O)(OCC)OCC)OCC. The molecule has 20 heavy (non-hydrogen) atoms. The topological polar surface area (TPSA) is 71.1 Å². The minimum atomic E-state index is -3.31. The molecule has 8 heteroatoms. The average molecular weight is 330 g/mol. The molecule has 0 fully saturated rings. The summed E-state index contributed by atoms with van der Waals surface area (Å²) in [6.45, 7) is 9.98. The third-order valence-corrected chi connectivity index (χ3v) is 7.78. The van der Waals surface area contributed by atoms with Gasteiger partial charge in [0.15, 0.2) is 0 Å². The highest BCUT2D eigenvalue weighted by Gasteiger charge is 2.40. The Hall–Kier alpha value is 0.300. The molecule has 0 saturated carbocycles. The standard InChI is InChI=1S/C12H28O6P2/c1-6-12(20(14,17-9-4)18-10-5)11-19(13,15-7-2)16-8-3/h12H,6-11H2,1-5H3. The minimum Gasteiger partial charge on any atom is -0.309 e. The van der Waals surface area contributed by atoms with Crippen molar-refractivity contribution >= 4 is 15.2 Å². The summed E-state index contributed by atoms with van der Waals surface area (Å²) in [5.74, 6) is 0. The van der Waals surface area contributed by atoms with Crippen LogP contribution in [0.1, 0.15) is 41.0 Å². The van der Waals surface area contributed by atoms with Crippen LogP contribution in [-0.2, 0) is 27.2 Å². The highest BCUT2D eigenvalue weighted by Crippen LogP contribution is 2.60. The van der Waals surface area contributed by atoms with E-state index in [0.717, 1.165) is 0 Å². The van der Waals surface area contributed by atoms with Gasteiger partial charge in [0.1, 0.15) is 0 Å². The Morgan fingerprint density at radius 1 is 0.750 bits per heavy atom. The zero-order chi connectivity index (χ0) is 15.6. The van der Waals surface area contributed by atoms with Gasteiger partial charge in [-0.2, -0.15) is 0 Å². The molecule has 0 aromatic carbocycles. The molecular weight excluding hydrogens is 302 g/mol. The summed E-state index contributed by atoms with van der Waals surface area (Å²) in [5.41, 5.74) is -0.494. The molecule has 0 rings (SSSR count). The lowest BCUT2D eigenvalue weighted by molar-refractivity contribution is 0.203. The van der Waals surface area contributed by atoms with E-state index >= 15 is 0 Å². The average Bonchev–Trinajstić information content (AvgIpc) is 2.37. The monoisotopic (exact) mass is 330 g/mol.